The molecule has 0 aliphatic carbocycles. The Labute approximate surface area is 213 Å². The lowest BCUT2D eigenvalue weighted by molar-refractivity contribution is -0.385. The second kappa shape index (κ2) is 10.3. The summed E-state index contributed by atoms with van der Waals surface area (Å²) in [7, 11) is 0. The Kier molecular flexibility index (Phi) is 6.63. The summed E-state index contributed by atoms with van der Waals surface area (Å²) in [6, 6.07) is 26.2. The highest BCUT2D eigenvalue weighted by atomic mass is 16.6. The van der Waals surface area contributed by atoms with Crippen LogP contribution in [0.2, 0.25) is 0 Å². The number of ether oxygens (including phenoxy) is 1. The fourth-order valence-electron chi connectivity index (χ4n) is 4.21. The Morgan fingerprint density at radius 1 is 1.03 bits per heavy atom. The molecule has 8 nitrogen and oxygen atoms in total. The molecule has 5 aromatic rings. The van der Waals surface area contributed by atoms with Gasteiger partial charge in [-0.2, -0.15) is 5.10 Å². The number of aromatic nitrogens is 2. The fourth-order valence-corrected chi connectivity index (χ4v) is 4.21. The molecule has 1 amide bonds. The van der Waals surface area contributed by atoms with Crippen molar-refractivity contribution in [3.63, 3.8) is 0 Å². The molecule has 1 N–H and O–H groups in total. The first-order valence-corrected chi connectivity index (χ1v) is 11.7. The number of hydrogen-bond acceptors (Lipinski definition) is 5. The van der Waals surface area contributed by atoms with E-state index in [1.807, 2.05) is 30.5 Å². The quantitative estimate of drug-likeness (QED) is 0.207. The molecule has 0 aliphatic rings. The third-order valence-electron chi connectivity index (χ3n) is 6.06. The lowest BCUT2D eigenvalue weighted by Gasteiger charge is -2.09. The summed E-state index contributed by atoms with van der Waals surface area (Å²) in [6.45, 7) is 2.48. The molecule has 0 fully saturated rings. The van der Waals surface area contributed by atoms with Crippen LogP contribution in [0, 0.1) is 17.0 Å². The molecule has 184 valence electrons. The van der Waals surface area contributed by atoms with Crippen molar-refractivity contribution in [2.75, 3.05) is 5.32 Å². The Balaban J connectivity index is 1.22. The molecular formula is C29H24N4O4. The molecule has 0 bridgehead atoms. The summed E-state index contributed by atoms with van der Waals surface area (Å²) in [6.07, 6.45) is 3.44. The number of nitro groups is 1. The predicted molar refractivity (Wildman–Crippen MR) is 142 cm³/mol. The Hall–Kier alpha value is -4.98. The van der Waals surface area contributed by atoms with Crippen LogP contribution >= 0.6 is 0 Å². The van der Waals surface area contributed by atoms with Crippen molar-refractivity contribution in [1.82, 2.24) is 9.78 Å². The van der Waals surface area contributed by atoms with Crippen LogP contribution in [-0.4, -0.2) is 20.6 Å². The number of nitrogens with zero attached hydrogens (tertiary/aromatic N) is 3. The second-order valence-corrected chi connectivity index (χ2v) is 8.71. The van der Waals surface area contributed by atoms with Gasteiger partial charge in [0.25, 0.3) is 11.6 Å². The number of rotatable bonds is 8. The molecule has 5 rings (SSSR count). The van der Waals surface area contributed by atoms with Crippen LogP contribution in [-0.2, 0) is 13.2 Å². The molecule has 0 radical (unpaired) electrons. The lowest BCUT2D eigenvalue weighted by atomic mass is 10.0. The van der Waals surface area contributed by atoms with Gasteiger partial charge in [-0.1, -0.05) is 54.6 Å². The molecular weight excluding hydrogens is 468 g/mol. The van der Waals surface area contributed by atoms with E-state index in [0.717, 1.165) is 11.1 Å². The highest BCUT2D eigenvalue weighted by Crippen LogP contribution is 2.24. The molecule has 8 heteroatoms. The minimum absolute atomic E-state index is 0.0476. The first-order valence-electron chi connectivity index (χ1n) is 11.7. The average Bonchev–Trinajstić information content (AvgIpc) is 3.34. The van der Waals surface area contributed by atoms with Crippen LogP contribution in [0.5, 0.6) is 5.75 Å². The predicted octanol–water partition coefficient (Wildman–Crippen LogP) is 6.13. The maximum atomic E-state index is 12.9. The number of carbonyl (C=O) groups is 1. The van der Waals surface area contributed by atoms with Gasteiger partial charge in [-0.3, -0.25) is 19.6 Å². The number of aryl methyl sites for hydroxylation is 1. The number of benzene rings is 4. The maximum Gasteiger partial charge on any atom is 0.272 e. The SMILES string of the molecule is Cc1cc(OCc2cccc(C(=O)Nc3cnn(Cc4cccc5ccccc45)c3)c2)ccc1[N+](=O)[O-]. The van der Waals surface area contributed by atoms with E-state index in [0.29, 0.717) is 29.1 Å². The average molecular weight is 493 g/mol. The van der Waals surface area contributed by atoms with E-state index in [1.165, 1.54) is 16.8 Å². The lowest BCUT2D eigenvalue weighted by Crippen LogP contribution is -2.12. The summed E-state index contributed by atoms with van der Waals surface area (Å²) in [5.74, 6) is 0.273. The molecule has 0 saturated heterocycles. The molecule has 0 aliphatic heterocycles. The zero-order valence-electron chi connectivity index (χ0n) is 20.1. The highest BCUT2D eigenvalue weighted by molar-refractivity contribution is 6.04. The van der Waals surface area contributed by atoms with E-state index >= 15 is 0 Å². The number of anilines is 1. The van der Waals surface area contributed by atoms with Crippen molar-refractivity contribution in [2.24, 2.45) is 0 Å². The number of fused-ring (bicyclic) bond motifs is 1. The van der Waals surface area contributed by atoms with Crippen molar-refractivity contribution >= 4 is 28.1 Å². The van der Waals surface area contributed by atoms with E-state index in [9.17, 15) is 14.9 Å². The van der Waals surface area contributed by atoms with Crippen LogP contribution in [0.4, 0.5) is 11.4 Å². The molecule has 0 spiro atoms. The van der Waals surface area contributed by atoms with Crippen LogP contribution < -0.4 is 10.1 Å². The normalized spacial score (nSPS) is 10.8. The topological polar surface area (TPSA) is 99.3 Å². The third kappa shape index (κ3) is 5.48. The minimum atomic E-state index is -0.422. The van der Waals surface area contributed by atoms with E-state index in [2.05, 4.69) is 34.7 Å². The first kappa shape index (κ1) is 23.7. The van der Waals surface area contributed by atoms with Gasteiger partial charge in [0.05, 0.1) is 23.4 Å². The zero-order chi connectivity index (χ0) is 25.8. The Morgan fingerprint density at radius 3 is 2.68 bits per heavy atom. The summed E-state index contributed by atoms with van der Waals surface area (Å²) < 4.78 is 7.58. The van der Waals surface area contributed by atoms with Gasteiger partial charge < -0.3 is 10.1 Å². The number of nitrogens with one attached hydrogen (secondary N) is 1. The van der Waals surface area contributed by atoms with E-state index in [1.54, 1.807) is 48.1 Å². The number of carbonyl (C=O) groups excluding carboxylic acids is 1. The van der Waals surface area contributed by atoms with Gasteiger partial charge in [0.1, 0.15) is 12.4 Å². The molecule has 0 atom stereocenters. The van der Waals surface area contributed by atoms with Gasteiger partial charge in [0.15, 0.2) is 0 Å². The van der Waals surface area contributed by atoms with E-state index < -0.39 is 4.92 Å². The molecule has 4 aromatic carbocycles. The minimum Gasteiger partial charge on any atom is -0.489 e. The Bertz CT molecular complexity index is 1600. The van der Waals surface area contributed by atoms with Crippen LogP contribution in [0.1, 0.15) is 27.0 Å². The van der Waals surface area contributed by atoms with E-state index in [-0.39, 0.29) is 18.2 Å². The number of amides is 1. The summed E-state index contributed by atoms with van der Waals surface area (Å²) in [5, 5.41) is 20.7. The molecule has 0 saturated carbocycles. The molecule has 1 aromatic heterocycles. The standard InChI is InChI=1S/C29H24N4O4/c1-20-14-26(12-13-28(20)33(35)36)37-19-21-6-4-9-23(15-21)29(34)31-25-16-30-32(18-25)17-24-10-5-8-22-7-2-3-11-27(22)24/h2-16,18H,17,19H2,1H3,(H,31,34). The van der Waals surface area contributed by atoms with Gasteiger partial charge in [0.2, 0.25) is 0 Å². The summed E-state index contributed by atoms with van der Waals surface area (Å²) in [4.78, 5) is 23.5. The van der Waals surface area contributed by atoms with Crippen molar-refractivity contribution in [1.29, 1.82) is 0 Å². The second-order valence-electron chi connectivity index (χ2n) is 8.71. The zero-order valence-corrected chi connectivity index (χ0v) is 20.1. The number of hydrogen-bond donors (Lipinski definition) is 1. The molecule has 37 heavy (non-hydrogen) atoms. The largest absolute Gasteiger partial charge is 0.489 e. The van der Waals surface area contributed by atoms with Crippen molar-refractivity contribution in [2.45, 2.75) is 20.1 Å². The fraction of sp³-hybridized carbons (Fsp3) is 0.103. The monoisotopic (exact) mass is 492 g/mol. The Morgan fingerprint density at radius 2 is 1.84 bits per heavy atom. The van der Waals surface area contributed by atoms with Crippen LogP contribution in [0.15, 0.2) is 97.3 Å². The van der Waals surface area contributed by atoms with Crippen molar-refractivity contribution < 1.29 is 14.5 Å². The van der Waals surface area contributed by atoms with Crippen molar-refractivity contribution in [3.8, 4) is 5.75 Å². The highest BCUT2D eigenvalue weighted by Gasteiger charge is 2.12. The molecule has 1 heterocycles. The van der Waals surface area contributed by atoms with Gasteiger partial charge >= 0.3 is 0 Å². The molecule has 0 unspecified atom stereocenters. The van der Waals surface area contributed by atoms with Gasteiger partial charge in [0, 0.05) is 23.4 Å². The summed E-state index contributed by atoms with van der Waals surface area (Å²) in [5.41, 5.74) is 3.62. The van der Waals surface area contributed by atoms with E-state index in [4.69, 9.17) is 4.74 Å². The van der Waals surface area contributed by atoms with Crippen molar-refractivity contribution in [3.05, 3.63) is 130 Å². The smallest absolute Gasteiger partial charge is 0.272 e. The maximum absolute atomic E-state index is 12.9. The third-order valence-corrected chi connectivity index (χ3v) is 6.06. The van der Waals surface area contributed by atoms with Gasteiger partial charge in [-0.15, -0.1) is 0 Å². The van der Waals surface area contributed by atoms with Crippen LogP contribution in [0.25, 0.3) is 10.8 Å². The summed E-state index contributed by atoms with van der Waals surface area (Å²) >= 11 is 0. The first-order chi connectivity index (χ1) is 18.0. The number of nitro benzene ring substituents is 1. The van der Waals surface area contributed by atoms with Gasteiger partial charge in [-0.05, 0) is 53.1 Å². The van der Waals surface area contributed by atoms with Crippen LogP contribution in [0.3, 0.4) is 0 Å². The van der Waals surface area contributed by atoms with Gasteiger partial charge in [-0.25, -0.2) is 0 Å².